The van der Waals surface area contributed by atoms with Gasteiger partial charge in [-0.1, -0.05) is 25.1 Å². The van der Waals surface area contributed by atoms with E-state index in [4.69, 9.17) is 14.9 Å². The summed E-state index contributed by atoms with van der Waals surface area (Å²) < 4.78 is 8.05. The lowest BCUT2D eigenvalue weighted by Crippen LogP contribution is -2.20. The summed E-state index contributed by atoms with van der Waals surface area (Å²) in [6.45, 7) is 2.99. The highest BCUT2D eigenvalue weighted by molar-refractivity contribution is 5.94. The molecule has 1 atom stereocenters. The number of hydrogen-bond donors (Lipinski definition) is 4. The number of aromatic amines is 1. The smallest absolute Gasteiger partial charge is 0.404 e. The molecule has 1 amide bonds. The average Bonchev–Trinajstić information content (AvgIpc) is 3.51. The molecule has 0 saturated carbocycles. The quantitative estimate of drug-likeness (QED) is 0.279. The molecule has 1 unspecified atom stereocenters. The Morgan fingerprint density at radius 2 is 2.17 bits per heavy atom. The number of H-pyrrole nitrogens is 1. The second-order valence-corrected chi connectivity index (χ2v) is 8.80. The van der Waals surface area contributed by atoms with Crippen LogP contribution in [0.2, 0.25) is 0 Å². The standard InChI is InChI=1S/C27H29N5O4/c1-2-17-14-20(33)9-11-21(17)18-8-10-22-23(15-18)32(24-7-3-4-13-36-24)31-25(22)26-29-16-19(30-26)6-5-12-28-27(34)35/h5-6,8-11,14-16,24,28,33H,2-4,7,12-13H2,1H3,(H,29,30)(H,34,35)/b6-5+. The third-order valence-corrected chi connectivity index (χ3v) is 6.40. The van der Waals surface area contributed by atoms with Gasteiger partial charge in [-0.15, -0.1) is 0 Å². The maximum Gasteiger partial charge on any atom is 0.404 e. The van der Waals surface area contributed by atoms with Gasteiger partial charge in [-0.05, 0) is 72.7 Å². The third kappa shape index (κ3) is 4.83. The summed E-state index contributed by atoms with van der Waals surface area (Å²) in [7, 11) is 0. The van der Waals surface area contributed by atoms with Gasteiger partial charge in [0.15, 0.2) is 12.1 Å². The van der Waals surface area contributed by atoms with Gasteiger partial charge in [-0.25, -0.2) is 14.5 Å². The number of nitrogens with one attached hydrogen (secondary N) is 2. The topological polar surface area (TPSA) is 125 Å². The molecule has 0 radical (unpaired) electrons. The molecule has 2 aromatic heterocycles. The van der Waals surface area contributed by atoms with Gasteiger partial charge in [-0.2, -0.15) is 5.10 Å². The number of carbonyl (C=O) groups is 1. The Hall–Kier alpha value is -4.11. The number of nitrogens with zero attached hydrogens (tertiary/aromatic N) is 3. The predicted octanol–water partition coefficient (Wildman–Crippen LogP) is 5.34. The van der Waals surface area contributed by atoms with Crippen molar-refractivity contribution < 1.29 is 19.7 Å². The normalized spacial score (nSPS) is 16.1. The van der Waals surface area contributed by atoms with Crippen LogP contribution in [0.15, 0.2) is 48.7 Å². The van der Waals surface area contributed by atoms with E-state index in [0.717, 1.165) is 59.0 Å². The lowest BCUT2D eigenvalue weighted by Gasteiger charge is -2.23. The summed E-state index contributed by atoms with van der Waals surface area (Å²) in [5.74, 6) is 0.896. The van der Waals surface area contributed by atoms with E-state index >= 15 is 0 Å². The van der Waals surface area contributed by atoms with E-state index < -0.39 is 6.09 Å². The Balaban J connectivity index is 1.56. The lowest BCUT2D eigenvalue weighted by molar-refractivity contribution is -0.0365. The Bertz CT molecular complexity index is 1420. The molecule has 9 heteroatoms. The maximum atomic E-state index is 10.6. The van der Waals surface area contributed by atoms with Crippen molar-refractivity contribution in [3.05, 3.63) is 59.9 Å². The van der Waals surface area contributed by atoms with Crippen molar-refractivity contribution in [2.75, 3.05) is 13.2 Å². The first-order valence-electron chi connectivity index (χ1n) is 12.2. The second kappa shape index (κ2) is 10.2. The molecule has 186 valence electrons. The number of aromatic hydroxyl groups is 1. The number of imidazole rings is 1. The number of aryl methyl sites for hydroxylation is 1. The molecule has 0 bridgehead atoms. The molecule has 2 aromatic carbocycles. The van der Waals surface area contributed by atoms with E-state index in [1.165, 1.54) is 0 Å². The number of aromatic nitrogens is 4. The fourth-order valence-electron chi connectivity index (χ4n) is 4.64. The third-order valence-electron chi connectivity index (χ3n) is 6.40. The molecule has 4 N–H and O–H groups in total. The van der Waals surface area contributed by atoms with Crippen LogP contribution in [0.4, 0.5) is 4.79 Å². The number of fused-ring (bicyclic) bond motifs is 1. The molecule has 9 nitrogen and oxygen atoms in total. The van der Waals surface area contributed by atoms with Gasteiger partial charge in [-0.3, -0.25) is 0 Å². The van der Waals surface area contributed by atoms with Crippen LogP contribution in [0.25, 0.3) is 39.6 Å². The molecular formula is C27H29N5O4. The Labute approximate surface area is 208 Å². The van der Waals surface area contributed by atoms with Gasteiger partial charge < -0.3 is 25.3 Å². The highest BCUT2D eigenvalue weighted by Crippen LogP contribution is 2.36. The van der Waals surface area contributed by atoms with Crippen molar-refractivity contribution in [1.82, 2.24) is 25.1 Å². The van der Waals surface area contributed by atoms with E-state index in [1.807, 2.05) is 16.8 Å². The summed E-state index contributed by atoms with van der Waals surface area (Å²) in [6.07, 6.45) is 7.85. The van der Waals surface area contributed by atoms with Crippen molar-refractivity contribution >= 4 is 23.1 Å². The van der Waals surface area contributed by atoms with Crippen LogP contribution in [0.5, 0.6) is 5.75 Å². The summed E-state index contributed by atoms with van der Waals surface area (Å²) in [6, 6.07) is 11.8. The van der Waals surface area contributed by atoms with Gasteiger partial charge in [0.1, 0.15) is 11.4 Å². The van der Waals surface area contributed by atoms with Crippen LogP contribution >= 0.6 is 0 Å². The van der Waals surface area contributed by atoms with Crippen LogP contribution < -0.4 is 5.32 Å². The molecule has 3 heterocycles. The van der Waals surface area contributed by atoms with Crippen molar-refractivity contribution in [2.24, 2.45) is 0 Å². The van der Waals surface area contributed by atoms with Crippen LogP contribution in [0, 0.1) is 0 Å². The molecule has 1 fully saturated rings. The Morgan fingerprint density at radius 3 is 2.94 bits per heavy atom. The number of carboxylic acid groups (broad SMARTS) is 1. The first-order valence-corrected chi connectivity index (χ1v) is 12.2. The van der Waals surface area contributed by atoms with Crippen molar-refractivity contribution in [1.29, 1.82) is 0 Å². The Kier molecular flexibility index (Phi) is 6.73. The molecule has 1 aliphatic rings. The van der Waals surface area contributed by atoms with Crippen LogP contribution in [-0.4, -0.2) is 49.2 Å². The number of ether oxygens (including phenoxy) is 1. The SMILES string of the molecule is CCc1cc(O)ccc1-c1ccc2c(-c3nc(/C=C/CNC(=O)O)c[nH]3)nn(C3CCCCO3)c2c1. The zero-order valence-electron chi connectivity index (χ0n) is 20.1. The summed E-state index contributed by atoms with van der Waals surface area (Å²) in [5.41, 5.74) is 5.59. The largest absolute Gasteiger partial charge is 0.508 e. The second-order valence-electron chi connectivity index (χ2n) is 8.80. The number of phenols is 1. The zero-order valence-corrected chi connectivity index (χ0v) is 20.1. The minimum Gasteiger partial charge on any atom is -0.508 e. The van der Waals surface area contributed by atoms with E-state index in [0.29, 0.717) is 18.1 Å². The maximum absolute atomic E-state index is 10.6. The molecule has 5 rings (SSSR count). The van der Waals surface area contributed by atoms with E-state index in [9.17, 15) is 9.90 Å². The van der Waals surface area contributed by atoms with E-state index in [1.54, 1.807) is 24.4 Å². The number of phenolic OH excluding ortho intramolecular Hbond substituents is 1. The number of amides is 1. The fraction of sp³-hybridized carbons (Fsp3) is 0.296. The molecule has 4 aromatic rings. The van der Waals surface area contributed by atoms with Gasteiger partial charge >= 0.3 is 6.09 Å². The fourth-order valence-corrected chi connectivity index (χ4v) is 4.64. The van der Waals surface area contributed by atoms with Gasteiger partial charge in [0.05, 0.1) is 11.2 Å². The molecule has 0 aliphatic carbocycles. The molecular weight excluding hydrogens is 458 g/mol. The lowest BCUT2D eigenvalue weighted by atomic mass is 9.96. The highest BCUT2D eigenvalue weighted by atomic mass is 16.5. The van der Waals surface area contributed by atoms with E-state index in [2.05, 4.69) is 40.4 Å². The highest BCUT2D eigenvalue weighted by Gasteiger charge is 2.23. The summed E-state index contributed by atoms with van der Waals surface area (Å²) >= 11 is 0. The van der Waals surface area contributed by atoms with Crippen molar-refractivity contribution in [3.8, 4) is 28.4 Å². The minimum absolute atomic E-state index is 0.146. The Morgan fingerprint density at radius 1 is 1.28 bits per heavy atom. The minimum atomic E-state index is -1.07. The molecule has 36 heavy (non-hydrogen) atoms. The summed E-state index contributed by atoms with van der Waals surface area (Å²) in [4.78, 5) is 18.5. The van der Waals surface area contributed by atoms with Gasteiger partial charge in [0.25, 0.3) is 0 Å². The molecule has 1 saturated heterocycles. The van der Waals surface area contributed by atoms with Gasteiger partial charge in [0.2, 0.25) is 0 Å². The number of benzene rings is 2. The monoisotopic (exact) mass is 487 g/mol. The van der Waals surface area contributed by atoms with Crippen LogP contribution in [0.3, 0.4) is 0 Å². The van der Waals surface area contributed by atoms with Crippen molar-refractivity contribution in [2.45, 2.75) is 38.8 Å². The van der Waals surface area contributed by atoms with Crippen LogP contribution in [0.1, 0.15) is 43.7 Å². The molecule has 1 aliphatic heterocycles. The first-order chi connectivity index (χ1) is 17.5. The van der Waals surface area contributed by atoms with E-state index in [-0.39, 0.29) is 18.5 Å². The van der Waals surface area contributed by atoms with Crippen LogP contribution in [-0.2, 0) is 11.2 Å². The number of hydrogen-bond acceptors (Lipinski definition) is 5. The predicted molar refractivity (Wildman–Crippen MR) is 138 cm³/mol. The van der Waals surface area contributed by atoms with Crippen molar-refractivity contribution in [3.63, 3.8) is 0 Å². The average molecular weight is 488 g/mol. The molecule has 0 spiro atoms. The number of rotatable bonds is 7. The zero-order chi connectivity index (χ0) is 25.1. The van der Waals surface area contributed by atoms with Gasteiger partial charge in [0, 0.05) is 24.7 Å². The first kappa shape index (κ1) is 23.6. The summed E-state index contributed by atoms with van der Waals surface area (Å²) in [5, 5.41) is 26.9.